The van der Waals surface area contributed by atoms with Gasteiger partial charge in [0.15, 0.2) is 5.82 Å². The summed E-state index contributed by atoms with van der Waals surface area (Å²) in [5.74, 6) is 1.69. The second-order valence-electron chi connectivity index (χ2n) is 5.98. The normalized spacial score (nSPS) is 22.0. The standard InChI is InChI=1S/C15H23N3O4/c1-20-8-6-14-16-13(17-22-14)10-21-12-3-2-7-18(9-12)15(19)11-4-5-11/h11-12H,2-10H2,1H3. The van der Waals surface area contributed by atoms with E-state index in [-0.39, 0.29) is 12.0 Å². The van der Waals surface area contributed by atoms with Crippen LogP contribution in [0.3, 0.4) is 0 Å². The molecule has 2 heterocycles. The molecule has 0 bridgehead atoms. The summed E-state index contributed by atoms with van der Waals surface area (Å²) in [5.41, 5.74) is 0. The average molecular weight is 309 g/mol. The van der Waals surface area contributed by atoms with Crippen molar-refractivity contribution in [1.29, 1.82) is 0 Å². The van der Waals surface area contributed by atoms with Gasteiger partial charge in [0.1, 0.15) is 6.61 Å². The van der Waals surface area contributed by atoms with Gasteiger partial charge in [-0.25, -0.2) is 0 Å². The first kappa shape index (κ1) is 15.4. The van der Waals surface area contributed by atoms with Crippen LogP contribution in [0.15, 0.2) is 4.52 Å². The van der Waals surface area contributed by atoms with Crippen LogP contribution in [-0.2, 0) is 27.3 Å². The smallest absolute Gasteiger partial charge is 0.229 e. The van der Waals surface area contributed by atoms with Crippen molar-refractivity contribution in [2.75, 3.05) is 26.8 Å². The summed E-state index contributed by atoms with van der Waals surface area (Å²) in [4.78, 5) is 18.3. The van der Waals surface area contributed by atoms with Gasteiger partial charge in [0.2, 0.25) is 11.8 Å². The Morgan fingerprint density at radius 1 is 1.41 bits per heavy atom. The van der Waals surface area contributed by atoms with Crippen LogP contribution in [0.25, 0.3) is 0 Å². The summed E-state index contributed by atoms with van der Waals surface area (Å²) in [7, 11) is 1.64. The minimum absolute atomic E-state index is 0.0670. The van der Waals surface area contributed by atoms with Gasteiger partial charge in [-0.05, 0) is 25.7 Å². The molecule has 1 saturated carbocycles. The summed E-state index contributed by atoms with van der Waals surface area (Å²) in [6.45, 7) is 2.43. The fourth-order valence-corrected chi connectivity index (χ4v) is 2.69. The molecule has 2 aliphatic rings. The molecule has 7 heteroatoms. The molecule has 1 aliphatic heterocycles. The van der Waals surface area contributed by atoms with Crippen molar-refractivity contribution in [3.8, 4) is 0 Å². The highest BCUT2D eigenvalue weighted by molar-refractivity contribution is 5.81. The first-order chi connectivity index (χ1) is 10.8. The Labute approximate surface area is 129 Å². The Kier molecular flexibility index (Phi) is 5.04. The average Bonchev–Trinajstić information content (AvgIpc) is 3.30. The Balaban J connectivity index is 1.44. The Morgan fingerprint density at radius 3 is 3.05 bits per heavy atom. The topological polar surface area (TPSA) is 77.7 Å². The van der Waals surface area contributed by atoms with Crippen molar-refractivity contribution in [1.82, 2.24) is 15.0 Å². The van der Waals surface area contributed by atoms with Crippen molar-refractivity contribution in [2.24, 2.45) is 5.92 Å². The zero-order valence-corrected chi connectivity index (χ0v) is 13.0. The lowest BCUT2D eigenvalue weighted by molar-refractivity contribution is -0.137. The molecule has 22 heavy (non-hydrogen) atoms. The second-order valence-corrected chi connectivity index (χ2v) is 5.98. The minimum Gasteiger partial charge on any atom is -0.384 e. The van der Waals surface area contributed by atoms with Gasteiger partial charge in [-0.1, -0.05) is 5.16 Å². The zero-order valence-electron chi connectivity index (χ0n) is 13.0. The quantitative estimate of drug-likeness (QED) is 0.752. The number of methoxy groups -OCH3 is 1. The summed E-state index contributed by atoms with van der Waals surface area (Å²) < 4.78 is 15.9. The van der Waals surface area contributed by atoms with Crippen LogP contribution in [0.2, 0.25) is 0 Å². The van der Waals surface area contributed by atoms with Crippen molar-refractivity contribution < 1.29 is 18.8 Å². The molecular formula is C15H23N3O4. The lowest BCUT2D eigenvalue weighted by atomic mass is 10.1. The molecule has 0 N–H and O–H groups in total. The van der Waals surface area contributed by atoms with Crippen LogP contribution in [0.4, 0.5) is 0 Å². The van der Waals surface area contributed by atoms with E-state index < -0.39 is 0 Å². The third kappa shape index (κ3) is 4.04. The fraction of sp³-hybridized carbons (Fsp3) is 0.800. The van der Waals surface area contributed by atoms with E-state index in [0.717, 1.165) is 32.2 Å². The molecule has 2 fully saturated rings. The molecule has 0 radical (unpaired) electrons. The number of amides is 1. The lowest BCUT2D eigenvalue weighted by Gasteiger charge is -2.32. The maximum atomic E-state index is 12.1. The van der Waals surface area contributed by atoms with Crippen molar-refractivity contribution in [3.63, 3.8) is 0 Å². The van der Waals surface area contributed by atoms with Crippen LogP contribution in [0, 0.1) is 5.92 Å². The first-order valence-corrected chi connectivity index (χ1v) is 7.97. The summed E-state index contributed by atoms with van der Waals surface area (Å²) in [6.07, 6.45) is 4.74. The van der Waals surface area contributed by atoms with E-state index in [1.54, 1.807) is 7.11 Å². The Hall–Kier alpha value is -1.47. The Morgan fingerprint density at radius 2 is 2.27 bits per heavy atom. The molecule has 1 atom stereocenters. The van der Waals surface area contributed by atoms with Crippen LogP contribution in [0.5, 0.6) is 0 Å². The molecule has 1 aromatic heterocycles. The van der Waals surface area contributed by atoms with E-state index >= 15 is 0 Å². The molecule has 7 nitrogen and oxygen atoms in total. The Bertz CT molecular complexity index is 501. The van der Waals surface area contributed by atoms with E-state index in [4.69, 9.17) is 14.0 Å². The molecule has 1 amide bonds. The SMILES string of the molecule is COCCc1nc(COC2CCCN(C(=O)C3CC3)C2)no1. The number of aromatic nitrogens is 2. The number of carbonyl (C=O) groups is 1. The molecule has 0 aromatic carbocycles. The molecule has 122 valence electrons. The lowest BCUT2D eigenvalue weighted by Crippen LogP contribution is -2.43. The minimum atomic E-state index is 0.0670. The number of rotatable bonds is 7. The summed E-state index contributed by atoms with van der Waals surface area (Å²) in [5, 5.41) is 3.90. The number of nitrogens with zero attached hydrogens (tertiary/aromatic N) is 3. The highest BCUT2D eigenvalue weighted by Crippen LogP contribution is 2.32. The largest absolute Gasteiger partial charge is 0.384 e. The monoisotopic (exact) mass is 309 g/mol. The van der Waals surface area contributed by atoms with E-state index in [0.29, 0.717) is 43.8 Å². The van der Waals surface area contributed by atoms with Gasteiger partial charge in [-0.15, -0.1) is 0 Å². The molecule has 3 rings (SSSR count). The predicted octanol–water partition coefficient (Wildman–Crippen LogP) is 1.18. The van der Waals surface area contributed by atoms with Crippen molar-refractivity contribution >= 4 is 5.91 Å². The van der Waals surface area contributed by atoms with Gasteiger partial charge in [0.05, 0.1) is 19.1 Å². The highest BCUT2D eigenvalue weighted by atomic mass is 16.5. The van der Waals surface area contributed by atoms with Crippen molar-refractivity contribution in [2.45, 2.75) is 44.8 Å². The highest BCUT2D eigenvalue weighted by Gasteiger charge is 2.35. The number of ether oxygens (including phenoxy) is 2. The van der Waals surface area contributed by atoms with E-state index in [1.807, 2.05) is 4.90 Å². The number of carbonyl (C=O) groups excluding carboxylic acids is 1. The fourth-order valence-electron chi connectivity index (χ4n) is 2.69. The van der Waals surface area contributed by atoms with E-state index in [9.17, 15) is 4.79 Å². The predicted molar refractivity (Wildman–Crippen MR) is 77.0 cm³/mol. The zero-order chi connectivity index (χ0) is 15.4. The van der Waals surface area contributed by atoms with Gasteiger partial charge in [0.25, 0.3) is 0 Å². The maximum Gasteiger partial charge on any atom is 0.229 e. The molecule has 1 unspecified atom stereocenters. The van der Waals surface area contributed by atoms with Crippen LogP contribution >= 0.6 is 0 Å². The van der Waals surface area contributed by atoms with Crippen LogP contribution in [-0.4, -0.2) is 53.9 Å². The van der Waals surface area contributed by atoms with Gasteiger partial charge >= 0.3 is 0 Å². The third-order valence-electron chi connectivity index (χ3n) is 4.09. The van der Waals surface area contributed by atoms with E-state index in [1.165, 1.54) is 0 Å². The molecule has 1 aliphatic carbocycles. The molecule has 0 spiro atoms. The number of piperidine rings is 1. The molecule has 1 saturated heterocycles. The van der Waals surface area contributed by atoms with Gasteiger partial charge in [-0.3, -0.25) is 4.79 Å². The van der Waals surface area contributed by atoms with E-state index in [2.05, 4.69) is 10.1 Å². The van der Waals surface area contributed by atoms with Gasteiger partial charge in [0, 0.05) is 26.1 Å². The van der Waals surface area contributed by atoms with Crippen LogP contribution < -0.4 is 0 Å². The maximum absolute atomic E-state index is 12.1. The third-order valence-corrected chi connectivity index (χ3v) is 4.09. The number of hydrogen-bond acceptors (Lipinski definition) is 6. The number of hydrogen-bond donors (Lipinski definition) is 0. The second kappa shape index (κ2) is 7.19. The first-order valence-electron chi connectivity index (χ1n) is 7.97. The van der Waals surface area contributed by atoms with Gasteiger partial charge in [-0.2, -0.15) is 4.98 Å². The number of likely N-dealkylation sites (tertiary alicyclic amines) is 1. The van der Waals surface area contributed by atoms with Gasteiger partial charge < -0.3 is 18.9 Å². The molecular weight excluding hydrogens is 286 g/mol. The van der Waals surface area contributed by atoms with Crippen molar-refractivity contribution in [3.05, 3.63) is 11.7 Å². The summed E-state index contributed by atoms with van der Waals surface area (Å²) in [6, 6.07) is 0. The molecule has 1 aromatic rings. The van der Waals surface area contributed by atoms with Crippen LogP contribution in [0.1, 0.15) is 37.4 Å². The summed E-state index contributed by atoms with van der Waals surface area (Å²) >= 11 is 0.